The maximum atomic E-state index is 9.20. The summed E-state index contributed by atoms with van der Waals surface area (Å²) in [6.07, 6.45) is 5.75. The molecule has 78 valence electrons. The lowest BCUT2D eigenvalue weighted by Gasteiger charge is -1.96. The Hall–Kier alpha value is -2.15. The van der Waals surface area contributed by atoms with Gasteiger partial charge in [0.2, 0.25) is 0 Å². The lowest BCUT2D eigenvalue weighted by molar-refractivity contribution is 0.964. The standard InChI is InChI=1S/C12H10N4/c13-6-10-11(8-3-4-8)15-16-12(10)9-2-1-5-14-7-9/h1-2,5,7-8H,3-4H2,(H,15,16). The normalized spacial score (nSPS) is 14.7. The average molecular weight is 210 g/mol. The highest BCUT2D eigenvalue weighted by molar-refractivity contribution is 5.67. The molecule has 2 heterocycles. The third-order valence-electron chi connectivity index (χ3n) is 2.83. The van der Waals surface area contributed by atoms with E-state index in [1.165, 1.54) is 0 Å². The molecule has 1 aliphatic carbocycles. The van der Waals surface area contributed by atoms with Gasteiger partial charge in [-0.05, 0) is 25.0 Å². The van der Waals surface area contributed by atoms with E-state index in [1.54, 1.807) is 12.4 Å². The first kappa shape index (κ1) is 9.10. The number of rotatable bonds is 2. The van der Waals surface area contributed by atoms with Gasteiger partial charge in [-0.25, -0.2) is 0 Å². The van der Waals surface area contributed by atoms with E-state index in [2.05, 4.69) is 21.3 Å². The maximum Gasteiger partial charge on any atom is 0.112 e. The predicted octanol–water partition coefficient (Wildman–Crippen LogP) is 2.22. The highest BCUT2D eigenvalue weighted by atomic mass is 15.1. The van der Waals surface area contributed by atoms with Gasteiger partial charge in [-0.15, -0.1) is 0 Å². The van der Waals surface area contributed by atoms with Gasteiger partial charge in [0, 0.05) is 23.9 Å². The van der Waals surface area contributed by atoms with Crippen molar-refractivity contribution in [3.8, 4) is 17.3 Å². The van der Waals surface area contributed by atoms with E-state index >= 15 is 0 Å². The number of hydrogen-bond donors (Lipinski definition) is 1. The van der Waals surface area contributed by atoms with Gasteiger partial charge < -0.3 is 0 Å². The second-order valence-electron chi connectivity index (χ2n) is 3.99. The molecule has 1 fully saturated rings. The molecule has 0 spiro atoms. The average Bonchev–Trinajstić information content (AvgIpc) is 3.09. The van der Waals surface area contributed by atoms with Crippen molar-refractivity contribution in [2.24, 2.45) is 0 Å². The van der Waals surface area contributed by atoms with Crippen molar-refractivity contribution in [3.63, 3.8) is 0 Å². The van der Waals surface area contributed by atoms with E-state index in [0.717, 1.165) is 29.8 Å². The van der Waals surface area contributed by atoms with Crippen molar-refractivity contribution in [1.29, 1.82) is 5.26 Å². The highest BCUT2D eigenvalue weighted by Crippen LogP contribution is 2.42. The molecule has 0 unspecified atom stereocenters. The van der Waals surface area contributed by atoms with Gasteiger partial charge in [0.15, 0.2) is 0 Å². The molecule has 1 N–H and O–H groups in total. The molecule has 16 heavy (non-hydrogen) atoms. The minimum atomic E-state index is 0.507. The predicted molar refractivity (Wildman–Crippen MR) is 58.5 cm³/mol. The van der Waals surface area contributed by atoms with E-state index in [-0.39, 0.29) is 0 Å². The quantitative estimate of drug-likeness (QED) is 0.826. The van der Waals surface area contributed by atoms with Crippen LogP contribution in [0.3, 0.4) is 0 Å². The molecule has 2 aromatic heterocycles. The molecule has 0 aromatic carbocycles. The molecule has 0 bridgehead atoms. The van der Waals surface area contributed by atoms with Crippen LogP contribution in [0.4, 0.5) is 0 Å². The van der Waals surface area contributed by atoms with Gasteiger partial charge in [0.25, 0.3) is 0 Å². The Bertz CT molecular complexity index is 546. The zero-order valence-corrected chi connectivity index (χ0v) is 8.64. The fourth-order valence-electron chi connectivity index (χ4n) is 1.85. The van der Waals surface area contributed by atoms with Gasteiger partial charge in [-0.1, -0.05) is 0 Å². The minimum Gasteiger partial charge on any atom is -0.280 e. The topological polar surface area (TPSA) is 65.4 Å². The Balaban J connectivity index is 2.12. The van der Waals surface area contributed by atoms with Gasteiger partial charge >= 0.3 is 0 Å². The Kier molecular flexibility index (Phi) is 1.97. The number of hydrogen-bond acceptors (Lipinski definition) is 3. The zero-order valence-electron chi connectivity index (χ0n) is 8.64. The van der Waals surface area contributed by atoms with Crippen LogP contribution in [0.2, 0.25) is 0 Å². The van der Waals surface area contributed by atoms with Crippen LogP contribution in [0.25, 0.3) is 11.3 Å². The summed E-state index contributed by atoms with van der Waals surface area (Å²) in [7, 11) is 0. The van der Waals surface area contributed by atoms with Crippen molar-refractivity contribution >= 4 is 0 Å². The molecule has 2 aromatic rings. The Morgan fingerprint density at radius 1 is 1.44 bits per heavy atom. The molecule has 4 nitrogen and oxygen atoms in total. The van der Waals surface area contributed by atoms with Crippen LogP contribution >= 0.6 is 0 Å². The summed E-state index contributed by atoms with van der Waals surface area (Å²) >= 11 is 0. The Morgan fingerprint density at radius 3 is 2.94 bits per heavy atom. The van der Waals surface area contributed by atoms with E-state index < -0.39 is 0 Å². The first-order chi connectivity index (χ1) is 7.90. The molecule has 0 atom stereocenters. The van der Waals surface area contributed by atoms with E-state index in [4.69, 9.17) is 0 Å². The third kappa shape index (κ3) is 1.38. The van der Waals surface area contributed by atoms with Gasteiger partial charge in [0.05, 0.1) is 5.69 Å². The maximum absolute atomic E-state index is 9.20. The number of aromatic amines is 1. The van der Waals surface area contributed by atoms with Crippen molar-refractivity contribution in [2.45, 2.75) is 18.8 Å². The summed E-state index contributed by atoms with van der Waals surface area (Å²) in [4.78, 5) is 4.04. The zero-order chi connectivity index (χ0) is 11.0. The second-order valence-corrected chi connectivity index (χ2v) is 3.99. The fourth-order valence-corrected chi connectivity index (χ4v) is 1.85. The first-order valence-corrected chi connectivity index (χ1v) is 5.29. The van der Waals surface area contributed by atoms with Crippen LogP contribution in [0.1, 0.15) is 30.0 Å². The number of aromatic nitrogens is 3. The SMILES string of the molecule is N#Cc1c(-c2cccnc2)n[nH]c1C1CC1. The lowest BCUT2D eigenvalue weighted by Crippen LogP contribution is -1.85. The monoisotopic (exact) mass is 210 g/mol. The number of pyridine rings is 1. The highest BCUT2D eigenvalue weighted by Gasteiger charge is 2.30. The number of H-pyrrole nitrogens is 1. The molecular weight excluding hydrogens is 200 g/mol. The Labute approximate surface area is 93.0 Å². The fraction of sp³-hybridized carbons (Fsp3) is 0.250. The first-order valence-electron chi connectivity index (χ1n) is 5.29. The van der Waals surface area contributed by atoms with Crippen LogP contribution in [0.15, 0.2) is 24.5 Å². The molecule has 0 radical (unpaired) electrons. The van der Waals surface area contributed by atoms with Crippen LogP contribution in [-0.2, 0) is 0 Å². The summed E-state index contributed by atoms with van der Waals surface area (Å²) < 4.78 is 0. The molecule has 0 amide bonds. The van der Waals surface area contributed by atoms with Crippen molar-refractivity contribution < 1.29 is 0 Å². The van der Waals surface area contributed by atoms with E-state index in [1.807, 2.05) is 12.1 Å². The summed E-state index contributed by atoms with van der Waals surface area (Å²) in [5, 5.41) is 16.4. The summed E-state index contributed by atoms with van der Waals surface area (Å²) in [6.45, 7) is 0. The summed E-state index contributed by atoms with van der Waals surface area (Å²) in [5.74, 6) is 0.507. The molecule has 0 aliphatic heterocycles. The van der Waals surface area contributed by atoms with Crippen LogP contribution in [-0.4, -0.2) is 15.2 Å². The summed E-state index contributed by atoms with van der Waals surface area (Å²) in [5.41, 5.74) is 3.27. The molecule has 4 heteroatoms. The molecule has 0 saturated heterocycles. The lowest BCUT2D eigenvalue weighted by atomic mass is 10.1. The second kappa shape index (κ2) is 3.46. The molecule has 1 saturated carbocycles. The van der Waals surface area contributed by atoms with Crippen LogP contribution < -0.4 is 0 Å². The molecule has 3 rings (SSSR count). The summed E-state index contributed by atoms with van der Waals surface area (Å²) in [6, 6.07) is 6.01. The van der Waals surface area contributed by atoms with Crippen molar-refractivity contribution in [1.82, 2.24) is 15.2 Å². The molecule has 1 aliphatic rings. The number of nitrogens with one attached hydrogen (secondary N) is 1. The number of nitriles is 1. The minimum absolute atomic E-state index is 0.507. The smallest absolute Gasteiger partial charge is 0.112 e. The van der Waals surface area contributed by atoms with E-state index in [9.17, 15) is 5.26 Å². The van der Waals surface area contributed by atoms with Crippen molar-refractivity contribution in [2.75, 3.05) is 0 Å². The third-order valence-corrected chi connectivity index (χ3v) is 2.83. The van der Waals surface area contributed by atoms with Crippen LogP contribution in [0, 0.1) is 11.3 Å². The van der Waals surface area contributed by atoms with Gasteiger partial charge in [-0.2, -0.15) is 10.4 Å². The largest absolute Gasteiger partial charge is 0.280 e. The van der Waals surface area contributed by atoms with Crippen molar-refractivity contribution in [3.05, 3.63) is 35.8 Å². The van der Waals surface area contributed by atoms with Gasteiger partial charge in [-0.3, -0.25) is 10.1 Å². The van der Waals surface area contributed by atoms with E-state index in [0.29, 0.717) is 11.5 Å². The number of nitrogens with zero attached hydrogens (tertiary/aromatic N) is 3. The van der Waals surface area contributed by atoms with Gasteiger partial charge in [0.1, 0.15) is 17.3 Å². The van der Waals surface area contributed by atoms with Crippen LogP contribution in [0.5, 0.6) is 0 Å². The molecular formula is C12H10N4. The Morgan fingerprint density at radius 2 is 2.31 bits per heavy atom.